The van der Waals surface area contributed by atoms with Crippen molar-refractivity contribution in [1.82, 2.24) is 0 Å². The molecular weight excluding hydrogens is 273 g/mol. The van der Waals surface area contributed by atoms with Gasteiger partial charge in [0.2, 0.25) is 0 Å². The predicted octanol–water partition coefficient (Wildman–Crippen LogP) is 3.71. The number of nitrogens with two attached hydrogens (primary N) is 1. The molecule has 0 amide bonds. The number of hydrogen-bond donors (Lipinski definition) is 2. The fourth-order valence-corrected chi connectivity index (χ4v) is 1.74. The lowest BCUT2D eigenvalue weighted by Gasteiger charge is -2.09. The van der Waals surface area contributed by atoms with Crippen LogP contribution in [0.15, 0.2) is 36.4 Å². The summed E-state index contributed by atoms with van der Waals surface area (Å²) >= 11 is 5.65. The zero-order chi connectivity index (χ0) is 14.0. The number of non-ortho nitro benzene ring substituents is 1. The normalized spacial score (nSPS) is 10.2. The van der Waals surface area contributed by atoms with Gasteiger partial charge in [0.05, 0.1) is 15.6 Å². The van der Waals surface area contributed by atoms with Crippen molar-refractivity contribution in [2.75, 3.05) is 11.1 Å². The van der Waals surface area contributed by atoms with Crippen LogP contribution in [0.2, 0.25) is 5.02 Å². The number of nitrogens with one attached hydrogen (secondary N) is 1. The van der Waals surface area contributed by atoms with Crippen molar-refractivity contribution in [2.24, 2.45) is 0 Å². The summed E-state index contributed by atoms with van der Waals surface area (Å²) in [7, 11) is 0. The van der Waals surface area contributed by atoms with Crippen LogP contribution in [0.3, 0.4) is 0 Å². The third-order valence-corrected chi connectivity index (χ3v) is 2.67. The molecule has 0 heterocycles. The maximum atomic E-state index is 13.7. The van der Waals surface area contributed by atoms with Gasteiger partial charge in [0.25, 0.3) is 5.69 Å². The second-order valence-electron chi connectivity index (χ2n) is 3.80. The number of nitrogen functional groups attached to an aromatic ring is 1. The van der Waals surface area contributed by atoms with Gasteiger partial charge in [0.15, 0.2) is 5.82 Å². The standard InChI is InChI=1S/C12H9ClFN3O2/c13-10-2-1-3-11(12(10)14)16-8-4-7(15)5-9(6-8)17(18)19/h1-6,16H,15H2. The molecule has 0 unspecified atom stereocenters. The first-order chi connectivity index (χ1) is 8.97. The molecule has 0 aliphatic rings. The van der Waals surface area contributed by atoms with Crippen LogP contribution in [-0.4, -0.2) is 4.92 Å². The zero-order valence-corrected chi connectivity index (χ0v) is 10.3. The Morgan fingerprint density at radius 3 is 2.74 bits per heavy atom. The molecule has 5 nitrogen and oxygen atoms in total. The second kappa shape index (κ2) is 5.11. The average molecular weight is 282 g/mol. The molecule has 2 aromatic rings. The molecule has 0 bridgehead atoms. The molecule has 0 saturated carbocycles. The van der Waals surface area contributed by atoms with Crippen LogP contribution in [0, 0.1) is 15.9 Å². The van der Waals surface area contributed by atoms with Crippen LogP contribution < -0.4 is 11.1 Å². The minimum Gasteiger partial charge on any atom is -0.398 e. The molecule has 0 aromatic heterocycles. The highest BCUT2D eigenvalue weighted by Crippen LogP contribution is 2.28. The number of nitrogens with zero attached hydrogens (tertiary/aromatic N) is 1. The molecule has 0 aliphatic carbocycles. The summed E-state index contributed by atoms with van der Waals surface area (Å²) in [5, 5.41) is 13.4. The highest BCUT2D eigenvalue weighted by molar-refractivity contribution is 6.31. The third kappa shape index (κ3) is 2.92. The Morgan fingerprint density at radius 2 is 2.05 bits per heavy atom. The van der Waals surface area contributed by atoms with E-state index in [0.717, 1.165) is 0 Å². The lowest BCUT2D eigenvalue weighted by Crippen LogP contribution is -1.98. The molecule has 0 spiro atoms. The van der Waals surface area contributed by atoms with Gasteiger partial charge in [-0.2, -0.15) is 0 Å². The van der Waals surface area contributed by atoms with E-state index in [1.165, 1.54) is 30.3 Å². The Kier molecular flexibility index (Phi) is 3.52. The first-order valence-electron chi connectivity index (χ1n) is 5.23. The van der Waals surface area contributed by atoms with Crippen molar-refractivity contribution in [3.05, 3.63) is 57.4 Å². The minimum absolute atomic E-state index is 0.0385. The molecule has 2 aromatic carbocycles. The molecular formula is C12H9ClFN3O2. The summed E-state index contributed by atoms with van der Waals surface area (Å²) in [4.78, 5) is 10.1. The number of benzene rings is 2. The van der Waals surface area contributed by atoms with Gasteiger partial charge in [-0.05, 0) is 18.2 Å². The van der Waals surface area contributed by atoms with Gasteiger partial charge in [0, 0.05) is 23.5 Å². The van der Waals surface area contributed by atoms with E-state index in [9.17, 15) is 14.5 Å². The number of rotatable bonds is 3. The minimum atomic E-state index is -0.630. The van der Waals surface area contributed by atoms with Gasteiger partial charge < -0.3 is 11.1 Å². The summed E-state index contributed by atoms with van der Waals surface area (Å²) in [6.07, 6.45) is 0. The van der Waals surface area contributed by atoms with E-state index in [0.29, 0.717) is 5.69 Å². The van der Waals surface area contributed by atoms with Crippen LogP contribution in [-0.2, 0) is 0 Å². The first kappa shape index (κ1) is 13.1. The molecule has 0 atom stereocenters. The quantitative estimate of drug-likeness (QED) is 0.510. The summed E-state index contributed by atoms with van der Waals surface area (Å²) < 4.78 is 13.7. The van der Waals surface area contributed by atoms with Gasteiger partial charge in [0.1, 0.15) is 0 Å². The largest absolute Gasteiger partial charge is 0.398 e. The Balaban J connectivity index is 2.38. The average Bonchev–Trinajstić information content (AvgIpc) is 2.34. The number of nitro groups is 1. The Bertz CT molecular complexity index is 649. The Hall–Kier alpha value is -2.34. The summed E-state index contributed by atoms with van der Waals surface area (Å²) in [5.74, 6) is -0.630. The van der Waals surface area contributed by atoms with Crippen molar-refractivity contribution in [3.8, 4) is 0 Å². The van der Waals surface area contributed by atoms with Gasteiger partial charge >= 0.3 is 0 Å². The summed E-state index contributed by atoms with van der Waals surface area (Å²) in [6.45, 7) is 0. The molecule has 2 rings (SSSR count). The maximum absolute atomic E-state index is 13.7. The van der Waals surface area contributed by atoms with Crippen molar-refractivity contribution in [2.45, 2.75) is 0 Å². The lowest BCUT2D eigenvalue weighted by molar-refractivity contribution is -0.384. The van der Waals surface area contributed by atoms with Crippen LogP contribution in [0.25, 0.3) is 0 Å². The van der Waals surface area contributed by atoms with Gasteiger partial charge in [-0.3, -0.25) is 10.1 Å². The topological polar surface area (TPSA) is 81.2 Å². The number of halogens is 2. The fourth-order valence-electron chi connectivity index (χ4n) is 1.57. The summed E-state index contributed by atoms with van der Waals surface area (Å²) in [6, 6.07) is 8.39. The van der Waals surface area contributed by atoms with E-state index in [4.69, 9.17) is 17.3 Å². The van der Waals surface area contributed by atoms with Gasteiger partial charge in [-0.25, -0.2) is 4.39 Å². The number of nitro benzene ring substituents is 1. The molecule has 98 valence electrons. The SMILES string of the molecule is Nc1cc(Nc2cccc(Cl)c2F)cc([N+](=O)[O-])c1. The molecule has 0 saturated heterocycles. The van der Waals surface area contributed by atoms with Gasteiger partial charge in [-0.15, -0.1) is 0 Å². The highest BCUT2D eigenvalue weighted by Gasteiger charge is 2.11. The number of anilines is 3. The van der Waals surface area contributed by atoms with Gasteiger partial charge in [-0.1, -0.05) is 17.7 Å². The molecule has 7 heteroatoms. The smallest absolute Gasteiger partial charge is 0.273 e. The fraction of sp³-hybridized carbons (Fsp3) is 0. The number of hydrogen-bond acceptors (Lipinski definition) is 4. The Morgan fingerprint density at radius 1 is 1.32 bits per heavy atom. The van der Waals surface area contributed by atoms with E-state index in [2.05, 4.69) is 5.32 Å². The molecule has 0 aliphatic heterocycles. The molecule has 3 N–H and O–H groups in total. The third-order valence-electron chi connectivity index (χ3n) is 2.38. The van der Waals surface area contributed by atoms with Crippen LogP contribution >= 0.6 is 11.6 Å². The van der Waals surface area contributed by atoms with Crippen LogP contribution in [0.4, 0.5) is 27.1 Å². The summed E-state index contributed by atoms with van der Waals surface area (Å²) in [5.41, 5.74) is 6.02. The monoisotopic (exact) mass is 281 g/mol. The van der Waals surface area contributed by atoms with Crippen molar-refractivity contribution >= 4 is 34.4 Å². The van der Waals surface area contributed by atoms with Crippen molar-refractivity contribution in [1.29, 1.82) is 0 Å². The van der Waals surface area contributed by atoms with E-state index >= 15 is 0 Å². The molecule has 19 heavy (non-hydrogen) atoms. The lowest BCUT2D eigenvalue weighted by atomic mass is 10.2. The molecule has 0 radical (unpaired) electrons. The second-order valence-corrected chi connectivity index (χ2v) is 4.20. The van der Waals surface area contributed by atoms with Crippen LogP contribution in [0.1, 0.15) is 0 Å². The van der Waals surface area contributed by atoms with Crippen molar-refractivity contribution in [3.63, 3.8) is 0 Å². The highest BCUT2D eigenvalue weighted by atomic mass is 35.5. The first-order valence-corrected chi connectivity index (χ1v) is 5.61. The Labute approximate surface area is 113 Å². The van der Waals surface area contributed by atoms with Crippen LogP contribution in [0.5, 0.6) is 0 Å². The molecule has 0 fully saturated rings. The van der Waals surface area contributed by atoms with E-state index in [1.54, 1.807) is 6.07 Å². The van der Waals surface area contributed by atoms with E-state index in [-0.39, 0.29) is 22.1 Å². The predicted molar refractivity (Wildman–Crippen MR) is 72.2 cm³/mol. The van der Waals surface area contributed by atoms with E-state index < -0.39 is 10.7 Å². The van der Waals surface area contributed by atoms with Crippen molar-refractivity contribution < 1.29 is 9.31 Å². The maximum Gasteiger partial charge on any atom is 0.273 e. The van der Waals surface area contributed by atoms with E-state index in [1.807, 2.05) is 0 Å². The zero-order valence-electron chi connectivity index (χ0n) is 9.56.